The fraction of sp³-hybridized carbons (Fsp3) is 0.368. The third-order valence-electron chi connectivity index (χ3n) is 3.82. The van der Waals surface area contributed by atoms with Gasteiger partial charge in [0.1, 0.15) is 23.1 Å². The van der Waals surface area contributed by atoms with Crippen LogP contribution in [0.1, 0.15) is 26.3 Å². The van der Waals surface area contributed by atoms with E-state index in [1.165, 1.54) is 31.2 Å². The first-order chi connectivity index (χ1) is 14.6. The van der Waals surface area contributed by atoms with E-state index in [1.807, 2.05) is 0 Å². The van der Waals surface area contributed by atoms with E-state index in [9.17, 15) is 22.5 Å². The number of likely N-dealkylation sites (N-methyl/N-ethyl adjacent to an activating group) is 1. The van der Waals surface area contributed by atoms with Gasteiger partial charge < -0.3 is 9.47 Å². The van der Waals surface area contributed by atoms with Crippen LogP contribution in [0, 0.1) is 0 Å². The van der Waals surface area contributed by atoms with Crippen molar-refractivity contribution in [2.24, 2.45) is 0 Å². The smallest absolute Gasteiger partial charge is 0.481 e. The van der Waals surface area contributed by atoms with Crippen LogP contribution in [0.15, 0.2) is 36.5 Å². The van der Waals surface area contributed by atoms with Gasteiger partial charge in [-0.1, -0.05) is 16.3 Å². The topological polar surface area (TPSA) is 78.0 Å². The first-order valence-electron chi connectivity index (χ1n) is 9.15. The number of nitrogens with zero attached hydrogens (tertiary/aromatic N) is 2. The van der Waals surface area contributed by atoms with Crippen molar-refractivity contribution in [2.45, 2.75) is 33.1 Å². The average Bonchev–Trinajstić information content (AvgIpc) is 2.70. The molecule has 1 aromatic carbocycles. The zero-order valence-electron chi connectivity index (χ0n) is 16.9. The molecule has 1 amide bonds. The van der Waals surface area contributed by atoms with Gasteiger partial charge in [-0.15, -0.1) is 4.52 Å². The number of aromatic nitrogens is 1. The predicted molar refractivity (Wildman–Crippen MR) is 107 cm³/mol. The van der Waals surface area contributed by atoms with E-state index in [0.29, 0.717) is 11.9 Å². The SMILES string of the molecule is CCO[P+](=O)N(CC)C(=O)C(C)Oc1ccc(Oc2ncc(C(F)(F)F)cc2Cl)cc1. The number of rotatable bonds is 9. The van der Waals surface area contributed by atoms with Crippen LogP contribution in [0.2, 0.25) is 5.02 Å². The minimum atomic E-state index is -4.56. The predicted octanol–water partition coefficient (Wildman–Crippen LogP) is 5.86. The Hall–Kier alpha value is -2.42. The Bertz CT molecular complexity index is 928. The Kier molecular flexibility index (Phi) is 8.61. The Balaban J connectivity index is 2.03. The molecule has 0 fully saturated rings. The molecular weight excluding hydrogens is 460 g/mol. The summed E-state index contributed by atoms with van der Waals surface area (Å²) in [7, 11) is -2.29. The van der Waals surface area contributed by atoms with Gasteiger partial charge in [0.2, 0.25) is 5.88 Å². The van der Waals surface area contributed by atoms with Crippen LogP contribution in [-0.2, 0) is 20.1 Å². The van der Waals surface area contributed by atoms with Crippen LogP contribution in [0.25, 0.3) is 0 Å². The number of amides is 1. The average molecular weight is 480 g/mol. The van der Waals surface area contributed by atoms with E-state index >= 15 is 0 Å². The lowest BCUT2D eigenvalue weighted by Crippen LogP contribution is -2.36. The van der Waals surface area contributed by atoms with Crippen molar-refractivity contribution in [3.05, 3.63) is 47.1 Å². The molecule has 2 rings (SSSR count). The standard InChI is InChI=1S/C19H20ClF3N2O5P/c1-4-25(31(27)28-5-2)18(26)12(3)29-14-6-8-15(9-7-14)30-17-16(20)10-13(11-24-17)19(21,22)23/h6-12H,4-5H2,1-3H3/q+1. The maximum atomic E-state index is 12.7. The van der Waals surface area contributed by atoms with E-state index in [1.54, 1.807) is 13.8 Å². The van der Waals surface area contributed by atoms with Crippen LogP contribution in [0.4, 0.5) is 13.2 Å². The van der Waals surface area contributed by atoms with Crippen molar-refractivity contribution in [1.82, 2.24) is 9.65 Å². The fourth-order valence-electron chi connectivity index (χ4n) is 2.35. The molecule has 0 saturated heterocycles. The Labute approximate surface area is 183 Å². The summed E-state index contributed by atoms with van der Waals surface area (Å²) < 4.78 is 67.1. The summed E-state index contributed by atoms with van der Waals surface area (Å²) in [5, 5.41) is -0.294. The minimum absolute atomic E-state index is 0.190. The highest BCUT2D eigenvalue weighted by atomic mass is 35.5. The number of hydrogen-bond acceptors (Lipinski definition) is 6. The third-order valence-corrected chi connectivity index (χ3v) is 5.45. The number of hydrogen-bond donors (Lipinski definition) is 0. The summed E-state index contributed by atoms with van der Waals surface area (Å²) in [6, 6.07) is 6.66. The second-order valence-corrected chi connectivity index (χ2v) is 7.68. The second-order valence-electron chi connectivity index (χ2n) is 6.05. The van der Waals surface area contributed by atoms with Crippen molar-refractivity contribution in [1.29, 1.82) is 0 Å². The van der Waals surface area contributed by atoms with Crippen molar-refractivity contribution >= 4 is 25.7 Å². The van der Waals surface area contributed by atoms with Crippen LogP contribution >= 0.6 is 19.8 Å². The molecule has 0 aliphatic heterocycles. The molecule has 0 bridgehead atoms. The van der Waals surface area contributed by atoms with Gasteiger partial charge in [-0.3, -0.25) is 4.79 Å². The van der Waals surface area contributed by atoms with Gasteiger partial charge in [0.05, 0.1) is 12.1 Å². The lowest BCUT2D eigenvalue weighted by Gasteiger charge is -2.16. The molecule has 1 aromatic heterocycles. The van der Waals surface area contributed by atoms with Crippen LogP contribution < -0.4 is 9.47 Å². The lowest BCUT2D eigenvalue weighted by molar-refractivity contribution is -0.138. The molecule has 0 aliphatic carbocycles. The lowest BCUT2D eigenvalue weighted by atomic mass is 10.3. The zero-order chi connectivity index (χ0) is 23.2. The number of halogens is 4. The molecular formula is C19H20ClF3N2O5P+. The van der Waals surface area contributed by atoms with Gasteiger partial charge in [0.25, 0.3) is 0 Å². The quantitative estimate of drug-likeness (QED) is 0.419. The van der Waals surface area contributed by atoms with E-state index in [4.69, 9.17) is 25.6 Å². The number of benzene rings is 1. The number of carbonyl (C=O) groups is 1. The van der Waals surface area contributed by atoms with Crippen molar-refractivity contribution < 1.29 is 36.5 Å². The zero-order valence-corrected chi connectivity index (χ0v) is 18.5. The highest BCUT2D eigenvalue weighted by molar-refractivity contribution is 7.37. The molecule has 0 saturated carbocycles. The summed E-state index contributed by atoms with van der Waals surface area (Å²) in [6.07, 6.45) is -4.87. The molecule has 12 heteroatoms. The normalized spacial score (nSPS) is 12.8. The third kappa shape index (κ3) is 6.78. The molecule has 0 N–H and O–H groups in total. The summed E-state index contributed by atoms with van der Waals surface area (Å²) in [6.45, 7) is 5.24. The molecule has 0 spiro atoms. The summed E-state index contributed by atoms with van der Waals surface area (Å²) in [5.74, 6) is -0.124. The maximum absolute atomic E-state index is 12.7. The largest absolute Gasteiger partial charge is 0.648 e. The Morgan fingerprint density at radius 1 is 1.23 bits per heavy atom. The van der Waals surface area contributed by atoms with Crippen LogP contribution in [-0.4, -0.2) is 34.8 Å². The molecule has 168 valence electrons. The van der Waals surface area contributed by atoms with Gasteiger partial charge >= 0.3 is 20.3 Å². The van der Waals surface area contributed by atoms with Crippen LogP contribution in [0.3, 0.4) is 0 Å². The number of ether oxygens (including phenoxy) is 2. The van der Waals surface area contributed by atoms with Crippen molar-refractivity contribution in [3.63, 3.8) is 0 Å². The molecule has 7 nitrogen and oxygen atoms in total. The van der Waals surface area contributed by atoms with E-state index < -0.39 is 31.9 Å². The van der Waals surface area contributed by atoms with Gasteiger partial charge in [-0.05, 0) is 55.7 Å². The first kappa shape index (κ1) is 24.8. The molecule has 31 heavy (non-hydrogen) atoms. The molecule has 0 radical (unpaired) electrons. The second kappa shape index (κ2) is 10.7. The van der Waals surface area contributed by atoms with E-state index in [2.05, 4.69) is 4.98 Å². The minimum Gasteiger partial charge on any atom is -0.481 e. The molecule has 2 atom stereocenters. The summed E-state index contributed by atoms with van der Waals surface area (Å²) >= 11 is 5.82. The highest BCUT2D eigenvalue weighted by Crippen LogP contribution is 2.35. The highest BCUT2D eigenvalue weighted by Gasteiger charge is 2.37. The van der Waals surface area contributed by atoms with Crippen molar-refractivity contribution in [3.8, 4) is 17.4 Å². The van der Waals surface area contributed by atoms with Gasteiger partial charge in [-0.25, -0.2) is 4.98 Å². The monoisotopic (exact) mass is 479 g/mol. The summed E-state index contributed by atoms with van der Waals surface area (Å²) in [4.78, 5) is 16.0. The van der Waals surface area contributed by atoms with E-state index in [0.717, 1.165) is 10.7 Å². The number of pyridine rings is 1. The van der Waals surface area contributed by atoms with E-state index in [-0.39, 0.29) is 29.8 Å². The summed E-state index contributed by atoms with van der Waals surface area (Å²) in [5.41, 5.74) is -0.987. The maximum Gasteiger partial charge on any atom is 0.648 e. The molecule has 2 unspecified atom stereocenters. The Morgan fingerprint density at radius 2 is 1.84 bits per heavy atom. The van der Waals surface area contributed by atoms with Crippen LogP contribution in [0.5, 0.6) is 17.4 Å². The number of carbonyl (C=O) groups excluding carboxylic acids is 1. The number of alkyl halides is 3. The molecule has 1 heterocycles. The first-order valence-corrected chi connectivity index (χ1v) is 10.7. The Morgan fingerprint density at radius 3 is 2.35 bits per heavy atom. The molecule has 2 aromatic rings. The van der Waals surface area contributed by atoms with Gasteiger partial charge in [-0.2, -0.15) is 13.2 Å². The fourth-order valence-corrected chi connectivity index (χ4v) is 3.47. The van der Waals surface area contributed by atoms with Gasteiger partial charge in [0, 0.05) is 6.20 Å². The van der Waals surface area contributed by atoms with Gasteiger partial charge in [0.15, 0.2) is 6.10 Å². The molecule has 0 aliphatic rings. The van der Waals surface area contributed by atoms with Crippen molar-refractivity contribution in [2.75, 3.05) is 13.2 Å².